The van der Waals surface area contributed by atoms with E-state index < -0.39 is 12.8 Å². The first-order chi connectivity index (χ1) is 14.2. The quantitative estimate of drug-likeness (QED) is 0.601. The van der Waals surface area contributed by atoms with Gasteiger partial charge in [0.2, 0.25) is 0 Å². The summed E-state index contributed by atoms with van der Waals surface area (Å²) in [4.78, 5) is 12.5. The number of aromatic nitrogens is 4. The Morgan fingerprint density at radius 1 is 1.23 bits per heavy atom. The lowest BCUT2D eigenvalue weighted by molar-refractivity contribution is -0.176. The molecule has 0 fully saturated rings. The van der Waals surface area contributed by atoms with Crippen molar-refractivity contribution in [3.63, 3.8) is 0 Å². The summed E-state index contributed by atoms with van der Waals surface area (Å²) < 4.78 is 44.8. The van der Waals surface area contributed by atoms with Crippen LogP contribution in [-0.2, 0) is 24.4 Å². The molecule has 0 spiro atoms. The third kappa shape index (κ3) is 5.69. The van der Waals surface area contributed by atoms with Gasteiger partial charge >= 0.3 is 6.18 Å². The van der Waals surface area contributed by atoms with Crippen molar-refractivity contribution in [2.75, 3.05) is 11.9 Å². The second-order valence-electron chi connectivity index (χ2n) is 6.76. The Balaban J connectivity index is 1.60. The van der Waals surface area contributed by atoms with E-state index in [1.54, 1.807) is 35.3 Å². The second kappa shape index (κ2) is 9.12. The van der Waals surface area contributed by atoms with E-state index in [-0.39, 0.29) is 12.5 Å². The van der Waals surface area contributed by atoms with Crippen LogP contribution in [0.2, 0.25) is 0 Å². The van der Waals surface area contributed by atoms with Crippen molar-refractivity contribution in [3.8, 4) is 0 Å². The molecule has 0 saturated carbocycles. The highest BCUT2D eigenvalue weighted by Gasteiger charge is 2.27. The number of alkyl halides is 3. The number of aryl methyl sites for hydroxylation is 1. The number of benzene rings is 1. The normalized spacial score (nSPS) is 11.6. The van der Waals surface area contributed by atoms with E-state index in [1.807, 2.05) is 18.5 Å². The molecule has 160 valence electrons. The number of halogens is 3. The maximum absolute atomic E-state index is 12.5. The number of amides is 1. The van der Waals surface area contributed by atoms with Gasteiger partial charge in [0.15, 0.2) is 0 Å². The summed E-state index contributed by atoms with van der Waals surface area (Å²) in [5, 5.41) is 11.3. The number of ether oxygens (including phenoxy) is 1. The predicted octanol–water partition coefficient (Wildman–Crippen LogP) is 3.79. The van der Waals surface area contributed by atoms with Gasteiger partial charge in [-0.2, -0.15) is 23.4 Å². The highest BCUT2D eigenvalue weighted by atomic mass is 19.4. The smallest absolute Gasteiger partial charge is 0.367 e. The van der Waals surface area contributed by atoms with Crippen LogP contribution in [0.3, 0.4) is 0 Å². The van der Waals surface area contributed by atoms with Crippen molar-refractivity contribution in [3.05, 3.63) is 65.2 Å². The fourth-order valence-electron chi connectivity index (χ4n) is 2.94. The van der Waals surface area contributed by atoms with Gasteiger partial charge in [0.05, 0.1) is 31.2 Å². The minimum atomic E-state index is -4.39. The third-order valence-corrected chi connectivity index (χ3v) is 4.45. The van der Waals surface area contributed by atoms with E-state index in [0.29, 0.717) is 23.4 Å². The number of nitrogens with zero attached hydrogens (tertiary/aromatic N) is 4. The van der Waals surface area contributed by atoms with E-state index in [2.05, 4.69) is 20.3 Å². The fourth-order valence-corrected chi connectivity index (χ4v) is 2.94. The van der Waals surface area contributed by atoms with Crippen molar-refractivity contribution < 1.29 is 22.7 Å². The van der Waals surface area contributed by atoms with Gasteiger partial charge in [-0.15, -0.1) is 0 Å². The van der Waals surface area contributed by atoms with Gasteiger partial charge in [-0.25, -0.2) is 0 Å². The average molecular weight is 421 g/mol. The molecule has 10 heteroatoms. The monoisotopic (exact) mass is 421 g/mol. The Morgan fingerprint density at radius 3 is 2.73 bits per heavy atom. The van der Waals surface area contributed by atoms with Crippen molar-refractivity contribution in [2.24, 2.45) is 0 Å². The second-order valence-corrected chi connectivity index (χ2v) is 6.76. The SMILES string of the molecule is CCn1ncc(Cn2cc(NC(=O)c3cccc(COCC(F)(F)F)c3)cn2)c1C. The zero-order valence-electron chi connectivity index (χ0n) is 16.6. The topological polar surface area (TPSA) is 74.0 Å². The molecule has 2 heterocycles. The summed E-state index contributed by atoms with van der Waals surface area (Å²) in [6, 6.07) is 6.27. The van der Waals surface area contributed by atoms with Gasteiger partial charge in [-0.3, -0.25) is 14.2 Å². The van der Waals surface area contributed by atoms with E-state index >= 15 is 0 Å². The average Bonchev–Trinajstić information content (AvgIpc) is 3.28. The number of anilines is 1. The highest BCUT2D eigenvalue weighted by Crippen LogP contribution is 2.17. The van der Waals surface area contributed by atoms with Crippen molar-refractivity contribution >= 4 is 11.6 Å². The van der Waals surface area contributed by atoms with Crippen LogP contribution in [0, 0.1) is 6.92 Å². The van der Waals surface area contributed by atoms with Crippen LogP contribution in [-0.4, -0.2) is 38.3 Å². The van der Waals surface area contributed by atoms with Gasteiger partial charge < -0.3 is 10.1 Å². The van der Waals surface area contributed by atoms with Crippen LogP contribution in [0.15, 0.2) is 42.9 Å². The molecule has 1 amide bonds. The van der Waals surface area contributed by atoms with Crippen LogP contribution >= 0.6 is 0 Å². The number of hydrogen-bond donors (Lipinski definition) is 1. The van der Waals surface area contributed by atoms with Gasteiger partial charge in [0.1, 0.15) is 6.61 Å². The molecule has 0 aliphatic rings. The Morgan fingerprint density at radius 2 is 2.03 bits per heavy atom. The first-order valence-electron chi connectivity index (χ1n) is 9.33. The minimum Gasteiger partial charge on any atom is -0.367 e. The molecule has 3 aromatic rings. The van der Waals surface area contributed by atoms with Crippen LogP contribution in [0.1, 0.15) is 34.1 Å². The third-order valence-electron chi connectivity index (χ3n) is 4.45. The largest absolute Gasteiger partial charge is 0.411 e. The molecule has 0 aliphatic carbocycles. The molecular weight excluding hydrogens is 399 g/mol. The van der Waals surface area contributed by atoms with Crippen LogP contribution in [0.5, 0.6) is 0 Å². The molecule has 0 saturated heterocycles. The molecular formula is C20H22F3N5O2. The lowest BCUT2D eigenvalue weighted by atomic mass is 10.1. The Kier molecular flexibility index (Phi) is 6.56. The Labute approximate surface area is 171 Å². The van der Waals surface area contributed by atoms with Crippen molar-refractivity contribution in [1.29, 1.82) is 0 Å². The molecule has 0 radical (unpaired) electrons. The number of rotatable bonds is 8. The summed E-state index contributed by atoms with van der Waals surface area (Å²) >= 11 is 0. The van der Waals surface area contributed by atoms with Gasteiger partial charge in [0.25, 0.3) is 5.91 Å². The molecule has 0 unspecified atom stereocenters. The zero-order chi connectivity index (χ0) is 21.7. The van der Waals surface area contributed by atoms with Gasteiger partial charge in [0, 0.05) is 29.6 Å². The van der Waals surface area contributed by atoms with E-state index in [4.69, 9.17) is 0 Å². The van der Waals surface area contributed by atoms with E-state index in [0.717, 1.165) is 17.8 Å². The molecule has 0 bridgehead atoms. The lowest BCUT2D eigenvalue weighted by Crippen LogP contribution is -2.17. The number of carbonyl (C=O) groups is 1. The molecule has 1 N–H and O–H groups in total. The summed E-state index contributed by atoms with van der Waals surface area (Å²) in [7, 11) is 0. The van der Waals surface area contributed by atoms with E-state index in [1.165, 1.54) is 12.3 Å². The molecule has 1 aromatic carbocycles. The fraction of sp³-hybridized carbons (Fsp3) is 0.350. The van der Waals surface area contributed by atoms with Crippen LogP contribution in [0.25, 0.3) is 0 Å². The predicted molar refractivity (Wildman–Crippen MR) is 104 cm³/mol. The van der Waals surface area contributed by atoms with Crippen LogP contribution in [0.4, 0.5) is 18.9 Å². The maximum Gasteiger partial charge on any atom is 0.411 e. The molecule has 3 rings (SSSR count). The Hall–Kier alpha value is -3.14. The summed E-state index contributed by atoms with van der Waals surface area (Å²) in [6.07, 6.45) is 0.652. The summed E-state index contributed by atoms with van der Waals surface area (Å²) in [5.41, 5.74) is 3.40. The zero-order valence-corrected chi connectivity index (χ0v) is 16.6. The van der Waals surface area contributed by atoms with Crippen LogP contribution < -0.4 is 5.32 Å². The number of hydrogen-bond acceptors (Lipinski definition) is 4. The standard InChI is InChI=1S/C20H22F3N5O2/c1-3-28-14(2)17(8-25-28)10-27-11-18(9-24-27)26-19(29)16-6-4-5-15(7-16)12-30-13-20(21,22)23/h4-9,11H,3,10,12-13H2,1-2H3,(H,26,29). The molecule has 2 aromatic heterocycles. The highest BCUT2D eigenvalue weighted by molar-refractivity contribution is 6.04. The first-order valence-corrected chi connectivity index (χ1v) is 9.33. The molecule has 0 atom stereocenters. The molecule has 7 nitrogen and oxygen atoms in total. The van der Waals surface area contributed by atoms with Gasteiger partial charge in [-0.05, 0) is 31.5 Å². The molecule has 0 aliphatic heterocycles. The summed E-state index contributed by atoms with van der Waals surface area (Å²) in [6.45, 7) is 3.75. The Bertz CT molecular complexity index is 1010. The lowest BCUT2D eigenvalue weighted by Gasteiger charge is -2.09. The van der Waals surface area contributed by atoms with Crippen molar-refractivity contribution in [2.45, 2.75) is 39.7 Å². The number of carbonyl (C=O) groups excluding carboxylic acids is 1. The first kappa shape index (κ1) is 21.6. The van der Waals surface area contributed by atoms with Gasteiger partial charge in [-0.1, -0.05) is 12.1 Å². The number of nitrogens with one attached hydrogen (secondary N) is 1. The van der Waals surface area contributed by atoms with Crippen molar-refractivity contribution in [1.82, 2.24) is 19.6 Å². The maximum atomic E-state index is 12.5. The van der Waals surface area contributed by atoms with E-state index in [9.17, 15) is 18.0 Å². The minimum absolute atomic E-state index is 0.233. The summed E-state index contributed by atoms with van der Waals surface area (Å²) in [5.74, 6) is -0.387. The molecule has 30 heavy (non-hydrogen) atoms.